The van der Waals surface area contributed by atoms with Gasteiger partial charge in [-0.05, 0) is 5.82 Å². The van der Waals surface area contributed by atoms with Crippen molar-refractivity contribution in [2.75, 3.05) is 12.0 Å². The topological polar surface area (TPSA) is 54.4 Å². The molecule has 0 saturated heterocycles. The van der Waals surface area contributed by atoms with Gasteiger partial charge in [-0.2, -0.15) is 0 Å². The summed E-state index contributed by atoms with van der Waals surface area (Å²) in [6.45, 7) is 2.76. The van der Waals surface area contributed by atoms with E-state index in [0.717, 1.165) is 0 Å². The zero-order valence-electron chi connectivity index (χ0n) is 6.53. The molecular formula is C5H13BO3S. The molecule has 0 aromatic heterocycles. The van der Waals surface area contributed by atoms with Crippen LogP contribution in [0, 0.1) is 0 Å². The van der Waals surface area contributed by atoms with Crippen molar-refractivity contribution in [3.8, 4) is 0 Å². The van der Waals surface area contributed by atoms with Crippen LogP contribution >= 0.6 is 0 Å². The summed E-state index contributed by atoms with van der Waals surface area (Å²) in [5, 5.41) is 8.92. The number of hydrogen-bond acceptors (Lipinski definition) is 3. The minimum atomic E-state index is -2.93. The van der Waals surface area contributed by atoms with E-state index in [1.807, 2.05) is 0 Å². The molecule has 60 valence electrons. The summed E-state index contributed by atoms with van der Waals surface area (Å²) in [6, 6.07) is 0. The average molecular weight is 164 g/mol. The van der Waals surface area contributed by atoms with Crippen LogP contribution in [-0.2, 0) is 9.84 Å². The minimum Gasteiger partial charge on any atom is -0.450 e. The molecule has 0 saturated carbocycles. The summed E-state index contributed by atoms with van der Waals surface area (Å²) in [6.07, 6.45) is 1.17. The van der Waals surface area contributed by atoms with Crippen LogP contribution in [0.25, 0.3) is 0 Å². The van der Waals surface area contributed by atoms with Crippen LogP contribution in [-0.4, -0.2) is 32.4 Å². The van der Waals surface area contributed by atoms with Gasteiger partial charge in [0.2, 0.25) is 0 Å². The van der Waals surface area contributed by atoms with Crippen molar-refractivity contribution in [1.29, 1.82) is 0 Å². The summed E-state index contributed by atoms with van der Waals surface area (Å²) < 4.78 is 21.3. The van der Waals surface area contributed by atoms with Gasteiger partial charge in [0.1, 0.15) is 9.84 Å². The van der Waals surface area contributed by atoms with E-state index in [9.17, 15) is 8.42 Å². The molecule has 0 rings (SSSR count). The van der Waals surface area contributed by atoms with Crippen LogP contribution in [0.15, 0.2) is 0 Å². The Morgan fingerprint density at radius 2 is 2.00 bits per heavy atom. The quantitative estimate of drug-likeness (QED) is 0.599. The van der Waals surface area contributed by atoms with Crippen LogP contribution < -0.4 is 0 Å². The summed E-state index contributed by atoms with van der Waals surface area (Å²) >= 11 is 0. The van der Waals surface area contributed by atoms with Gasteiger partial charge in [-0.1, -0.05) is 13.7 Å². The molecule has 0 fully saturated rings. The van der Waals surface area contributed by atoms with E-state index in [-0.39, 0.29) is 11.6 Å². The second-order valence-electron chi connectivity index (χ2n) is 2.81. The van der Waals surface area contributed by atoms with Crippen molar-refractivity contribution in [2.45, 2.75) is 19.6 Å². The van der Waals surface area contributed by atoms with E-state index < -0.39 is 16.8 Å². The third kappa shape index (κ3) is 4.82. The Kier molecular flexibility index (Phi) is 3.38. The van der Waals surface area contributed by atoms with Crippen LogP contribution in [0.2, 0.25) is 12.6 Å². The molecule has 10 heavy (non-hydrogen) atoms. The maximum atomic E-state index is 10.6. The fourth-order valence-electron chi connectivity index (χ4n) is 0.617. The van der Waals surface area contributed by atoms with E-state index in [4.69, 9.17) is 5.02 Å². The standard InChI is InChI=1S/C5H13BO3S/c1-5(6(2)7)4-10(3,8)9/h5,7H,4H2,1-3H3/t5-/m1/s1. The molecule has 0 spiro atoms. The Labute approximate surface area is 62.5 Å². The maximum absolute atomic E-state index is 10.6. The highest BCUT2D eigenvalue weighted by Crippen LogP contribution is 2.08. The molecule has 0 bridgehead atoms. The Morgan fingerprint density at radius 3 is 2.10 bits per heavy atom. The highest BCUT2D eigenvalue weighted by Gasteiger charge is 2.18. The molecule has 0 aliphatic carbocycles. The molecular weight excluding hydrogens is 151 g/mol. The molecule has 0 amide bonds. The third-order valence-corrected chi connectivity index (χ3v) is 2.52. The molecule has 0 radical (unpaired) electrons. The van der Waals surface area contributed by atoms with E-state index >= 15 is 0 Å². The molecule has 0 aliphatic rings. The predicted octanol–water partition coefficient (Wildman–Crippen LogP) is 0.0347. The van der Waals surface area contributed by atoms with E-state index in [1.165, 1.54) is 6.26 Å². The van der Waals surface area contributed by atoms with Crippen LogP contribution in [0.3, 0.4) is 0 Å². The fraction of sp³-hybridized carbons (Fsp3) is 1.00. The van der Waals surface area contributed by atoms with Crippen molar-refractivity contribution < 1.29 is 13.4 Å². The second kappa shape index (κ2) is 3.39. The van der Waals surface area contributed by atoms with Gasteiger partial charge in [-0.15, -0.1) is 0 Å². The Bertz CT molecular complexity index is 185. The van der Waals surface area contributed by atoms with Gasteiger partial charge in [0.05, 0.1) is 0 Å². The Hall–Kier alpha value is -0.0251. The SMILES string of the molecule is CB(O)[C@H](C)CS(C)(=O)=O. The van der Waals surface area contributed by atoms with Gasteiger partial charge < -0.3 is 5.02 Å². The van der Waals surface area contributed by atoms with Crippen molar-refractivity contribution in [1.82, 2.24) is 0 Å². The monoisotopic (exact) mass is 164 g/mol. The lowest BCUT2D eigenvalue weighted by atomic mass is 9.60. The van der Waals surface area contributed by atoms with Gasteiger partial charge in [-0.25, -0.2) is 8.42 Å². The second-order valence-corrected chi connectivity index (χ2v) is 5.00. The molecule has 0 aromatic rings. The zero-order chi connectivity index (χ0) is 8.36. The van der Waals surface area contributed by atoms with Crippen molar-refractivity contribution in [3.63, 3.8) is 0 Å². The summed E-state index contributed by atoms with van der Waals surface area (Å²) in [5.74, 6) is -0.111. The highest BCUT2D eigenvalue weighted by molar-refractivity contribution is 7.90. The van der Waals surface area contributed by atoms with Gasteiger partial charge in [0.15, 0.2) is 0 Å². The van der Waals surface area contributed by atoms with Crippen LogP contribution in [0.5, 0.6) is 0 Å². The first-order chi connectivity index (χ1) is 4.33. The lowest BCUT2D eigenvalue weighted by Gasteiger charge is -2.08. The van der Waals surface area contributed by atoms with E-state index in [2.05, 4.69) is 0 Å². The molecule has 0 heterocycles. The molecule has 1 atom stereocenters. The van der Waals surface area contributed by atoms with E-state index in [0.29, 0.717) is 0 Å². The summed E-state index contributed by atoms with van der Waals surface area (Å²) in [7, 11) is -2.93. The maximum Gasteiger partial charge on any atom is 0.289 e. The normalized spacial score (nSPS) is 14.8. The first-order valence-corrected chi connectivity index (χ1v) is 5.25. The van der Waals surface area contributed by atoms with Crippen LogP contribution in [0.1, 0.15) is 6.92 Å². The Morgan fingerprint density at radius 1 is 1.60 bits per heavy atom. The minimum absolute atomic E-state index is 0.0602. The molecule has 3 nitrogen and oxygen atoms in total. The van der Waals surface area contributed by atoms with Gasteiger partial charge in [0, 0.05) is 12.0 Å². The third-order valence-electron chi connectivity index (χ3n) is 1.39. The Balaban J connectivity index is 3.93. The lowest BCUT2D eigenvalue weighted by molar-refractivity contribution is 0.557. The largest absolute Gasteiger partial charge is 0.450 e. The molecule has 0 aliphatic heterocycles. The molecule has 1 N–H and O–H groups in total. The summed E-state index contributed by atoms with van der Waals surface area (Å²) in [4.78, 5) is 0. The zero-order valence-corrected chi connectivity index (χ0v) is 7.35. The highest BCUT2D eigenvalue weighted by atomic mass is 32.2. The average Bonchev–Trinajstić information content (AvgIpc) is 1.60. The van der Waals surface area contributed by atoms with Gasteiger partial charge >= 0.3 is 0 Å². The van der Waals surface area contributed by atoms with Crippen molar-refractivity contribution in [3.05, 3.63) is 0 Å². The number of rotatable bonds is 3. The summed E-state index contributed by atoms with van der Waals surface area (Å²) in [5.41, 5.74) is 0. The van der Waals surface area contributed by atoms with Crippen molar-refractivity contribution >= 4 is 16.8 Å². The van der Waals surface area contributed by atoms with Crippen LogP contribution in [0.4, 0.5) is 0 Å². The lowest BCUT2D eigenvalue weighted by Crippen LogP contribution is -2.20. The number of sulfone groups is 1. The van der Waals surface area contributed by atoms with E-state index in [1.54, 1.807) is 13.7 Å². The van der Waals surface area contributed by atoms with Crippen molar-refractivity contribution in [2.24, 2.45) is 0 Å². The first kappa shape index (κ1) is 9.97. The first-order valence-electron chi connectivity index (χ1n) is 3.18. The van der Waals surface area contributed by atoms with Gasteiger partial charge in [0.25, 0.3) is 6.92 Å². The van der Waals surface area contributed by atoms with Gasteiger partial charge in [-0.3, -0.25) is 0 Å². The smallest absolute Gasteiger partial charge is 0.289 e. The molecule has 0 unspecified atom stereocenters. The fourth-order valence-corrected chi connectivity index (χ4v) is 1.85. The molecule has 0 aromatic carbocycles. The molecule has 5 heteroatoms. The predicted molar refractivity (Wildman–Crippen MR) is 43.0 cm³/mol. The number of hydrogen-bond donors (Lipinski definition) is 1.